The number of rotatable bonds is 1. The topological polar surface area (TPSA) is 43.8 Å². The predicted octanol–water partition coefficient (Wildman–Crippen LogP) is 2.80. The molecule has 0 amide bonds. The molecule has 2 aromatic rings. The van der Waals surface area contributed by atoms with Crippen molar-refractivity contribution in [2.75, 3.05) is 5.73 Å². The van der Waals surface area contributed by atoms with Crippen LogP contribution in [0.15, 0.2) is 16.6 Å². The molecule has 0 radical (unpaired) electrons. The Balaban J connectivity index is 2.54. The second-order valence-corrected chi connectivity index (χ2v) is 5.22. The molecular weight excluding hydrogens is 262 g/mol. The first kappa shape index (κ1) is 9.73. The van der Waals surface area contributed by atoms with E-state index in [0.29, 0.717) is 5.82 Å². The molecule has 0 aromatic carbocycles. The molecule has 0 fully saturated rings. The highest BCUT2D eigenvalue weighted by Gasteiger charge is 2.11. The lowest BCUT2D eigenvalue weighted by molar-refractivity contribution is 0.783. The molecule has 0 unspecified atom stereocenters. The highest BCUT2D eigenvalue weighted by atomic mass is 79.9. The molecule has 0 aliphatic heterocycles. The molecule has 0 aliphatic carbocycles. The summed E-state index contributed by atoms with van der Waals surface area (Å²) in [5, 5.41) is 4.33. The lowest BCUT2D eigenvalue weighted by Crippen LogP contribution is -1.96. The van der Waals surface area contributed by atoms with Crippen LogP contribution >= 0.6 is 27.3 Å². The molecule has 5 heteroatoms. The van der Waals surface area contributed by atoms with Crippen molar-refractivity contribution in [3.63, 3.8) is 0 Å². The molecule has 2 rings (SSSR count). The van der Waals surface area contributed by atoms with Gasteiger partial charge in [0.25, 0.3) is 0 Å². The minimum absolute atomic E-state index is 0.679. The minimum Gasteiger partial charge on any atom is -0.384 e. The van der Waals surface area contributed by atoms with Crippen molar-refractivity contribution in [1.29, 1.82) is 0 Å². The van der Waals surface area contributed by atoms with Crippen molar-refractivity contribution in [1.82, 2.24) is 9.78 Å². The van der Waals surface area contributed by atoms with Gasteiger partial charge >= 0.3 is 0 Å². The Morgan fingerprint density at radius 2 is 2.21 bits per heavy atom. The van der Waals surface area contributed by atoms with Gasteiger partial charge in [0.1, 0.15) is 11.5 Å². The number of nitrogens with two attached hydrogens (primary N) is 1. The SMILES string of the molecule is Cc1cc(Br)c(-c2cc(N)n(C)n2)s1. The van der Waals surface area contributed by atoms with Crippen molar-refractivity contribution in [3.8, 4) is 10.6 Å². The van der Waals surface area contributed by atoms with Crippen LogP contribution in [0.5, 0.6) is 0 Å². The average Bonchev–Trinajstić information content (AvgIpc) is 2.57. The van der Waals surface area contributed by atoms with Crippen LogP contribution in [0, 0.1) is 6.92 Å². The maximum Gasteiger partial charge on any atom is 0.121 e. The molecule has 0 spiro atoms. The predicted molar refractivity (Wildman–Crippen MR) is 63.4 cm³/mol. The van der Waals surface area contributed by atoms with Gasteiger partial charge in [0, 0.05) is 22.5 Å². The highest BCUT2D eigenvalue weighted by molar-refractivity contribution is 9.10. The number of thiophene rings is 1. The van der Waals surface area contributed by atoms with Crippen LogP contribution in [0.1, 0.15) is 4.88 Å². The summed E-state index contributed by atoms with van der Waals surface area (Å²) in [6.45, 7) is 2.07. The van der Waals surface area contributed by atoms with Crippen LogP contribution in [0.4, 0.5) is 5.82 Å². The Morgan fingerprint density at radius 1 is 1.50 bits per heavy atom. The lowest BCUT2D eigenvalue weighted by Gasteiger charge is -1.91. The van der Waals surface area contributed by atoms with Crippen LogP contribution in [0.2, 0.25) is 0 Å². The zero-order chi connectivity index (χ0) is 10.3. The molecule has 2 aromatic heterocycles. The zero-order valence-electron chi connectivity index (χ0n) is 7.91. The summed E-state index contributed by atoms with van der Waals surface area (Å²) in [7, 11) is 1.84. The summed E-state index contributed by atoms with van der Waals surface area (Å²) in [4.78, 5) is 2.39. The van der Waals surface area contributed by atoms with Gasteiger partial charge in [-0.2, -0.15) is 5.10 Å². The second kappa shape index (κ2) is 3.40. The lowest BCUT2D eigenvalue weighted by atomic mass is 10.3. The normalized spacial score (nSPS) is 10.8. The molecule has 0 saturated carbocycles. The smallest absolute Gasteiger partial charge is 0.121 e. The first-order valence-electron chi connectivity index (χ1n) is 4.14. The first-order chi connectivity index (χ1) is 6.58. The number of nitrogen functional groups attached to an aromatic ring is 1. The Morgan fingerprint density at radius 3 is 2.64 bits per heavy atom. The van der Waals surface area contributed by atoms with Gasteiger partial charge in [0.05, 0.1) is 4.88 Å². The molecule has 0 atom stereocenters. The van der Waals surface area contributed by atoms with E-state index < -0.39 is 0 Å². The van der Waals surface area contributed by atoms with E-state index >= 15 is 0 Å². The molecule has 0 aliphatic rings. The highest BCUT2D eigenvalue weighted by Crippen LogP contribution is 2.35. The van der Waals surface area contributed by atoms with Crippen LogP contribution in [0.3, 0.4) is 0 Å². The molecule has 2 N–H and O–H groups in total. The average molecular weight is 272 g/mol. The van der Waals surface area contributed by atoms with Crippen molar-refractivity contribution in [2.45, 2.75) is 6.92 Å². The number of anilines is 1. The fraction of sp³-hybridized carbons (Fsp3) is 0.222. The van der Waals surface area contributed by atoms with Crippen LogP contribution in [0.25, 0.3) is 10.6 Å². The molecule has 14 heavy (non-hydrogen) atoms. The van der Waals surface area contributed by atoms with Crippen molar-refractivity contribution >= 4 is 33.1 Å². The quantitative estimate of drug-likeness (QED) is 0.867. The first-order valence-corrected chi connectivity index (χ1v) is 5.74. The van der Waals surface area contributed by atoms with E-state index in [1.165, 1.54) is 4.88 Å². The summed E-state index contributed by atoms with van der Waals surface area (Å²) >= 11 is 5.22. The number of hydrogen-bond acceptors (Lipinski definition) is 3. The second-order valence-electron chi connectivity index (χ2n) is 3.11. The number of halogens is 1. The monoisotopic (exact) mass is 271 g/mol. The zero-order valence-corrected chi connectivity index (χ0v) is 10.3. The number of aryl methyl sites for hydroxylation is 2. The Labute approximate surface area is 94.7 Å². The van der Waals surface area contributed by atoms with Crippen molar-refractivity contribution in [3.05, 3.63) is 21.5 Å². The van der Waals surface area contributed by atoms with E-state index in [2.05, 4.69) is 34.0 Å². The standard InChI is InChI=1S/C9H10BrN3S/c1-5-3-6(10)9(14-5)7-4-8(11)13(2)12-7/h3-4H,11H2,1-2H3. The fourth-order valence-electron chi connectivity index (χ4n) is 1.25. The Kier molecular flexibility index (Phi) is 2.36. The summed E-state index contributed by atoms with van der Waals surface area (Å²) in [6, 6.07) is 3.97. The molecule has 0 saturated heterocycles. The van der Waals surface area contributed by atoms with Crippen LogP contribution in [-0.4, -0.2) is 9.78 Å². The van der Waals surface area contributed by atoms with Gasteiger partial charge in [-0.25, -0.2) is 0 Å². The van der Waals surface area contributed by atoms with Crippen molar-refractivity contribution in [2.24, 2.45) is 7.05 Å². The summed E-state index contributed by atoms with van der Waals surface area (Å²) in [6.07, 6.45) is 0. The van der Waals surface area contributed by atoms with E-state index in [4.69, 9.17) is 5.73 Å². The third kappa shape index (κ3) is 1.57. The number of aromatic nitrogens is 2. The van der Waals surface area contributed by atoms with E-state index in [1.807, 2.05) is 13.1 Å². The maximum absolute atomic E-state index is 5.72. The molecular formula is C9H10BrN3S. The van der Waals surface area contributed by atoms with Gasteiger partial charge in [-0.05, 0) is 28.9 Å². The van der Waals surface area contributed by atoms with Gasteiger partial charge < -0.3 is 5.73 Å². The molecule has 3 nitrogen and oxygen atoms in total. The molecule has 0 bridgehead atoms. The summed E-state index contributed by atoms with van der Waals surface area (Å²) in [5.74, 6) is 0.679. The Bertz CT molecular complexity index is 453. The van der Waals surface area contributed by atoms with Gasteiger partial charge in [-0.3, -0.25) is 4.68 Å². The molecule has 2 heterocycles. The van der Waals surface area contributed by atoms with Gasteiger partial charge in [0.2, 0.25) is 0 Å². The largest absolute Gasteiger partial charge is 0.384 e. The van der Waals surface area contributed by atoms with E-state index in [9.17, 15) is 0 Å². The van der Waals surface area contributed by atoms with Crippen LogP contribution < -0.4 is 5.73 Å². The Hall–Kier alpha value is -0.810. The number of hydrogen-bond donors (Lipinski definition) is 1. The van der Waals surface area contributed by atoms with E-state index in [1.54, 1.807) is 16.0 Å². The minimum atomic E-state index is 0.679. The number of nitrogens with zero attached hydrogens (tertiary/aromatic N) is 2. The van der Waals surface area contributed by atoms with Crippen LogP contribution in [-0.2, 0) is 7.05 Å². The fourth-order valence-corrected chi connectivity index (χ4v) is 3.05. The summed E-state index contributed by atoms with van der Waals surface area (Å²) < 4.78 is 2.76. The maximum atomic E-state index is 5.72. The van der Waals surface area contributed by atoms with Crippen molar-refractivity contribution < 1.29 is 0 Å². The van der Waals surface area contributed by atoms with E-state index in [0.717, 1.165) is 15.0 Å². The summed E-state index contributed by atoms with van der Waals surface area (Å²) in [5.41, 5.74) is 6.65. The molecule has 74 valence electrons. The third-order valence-electron chi connectivity index (χ3n) is 1.96. The van der Waals surface area contributed by atoms with E-state index in [-0.39, 0.29) is 0 Å². The van der Waals surface area contributed by atoms with Gasteiger partial charge in [0.15, 0.2) is 0 Å². The van der Waals surface area contributed by atoms with Gasteiger partial charge in [-0.15, -0.1) is 11.3 Å². The third-order valence-corrected chi connectivity index (χ3v) is 3.92. The van der Waals surface area contributed by atoms with Gasteiger partial charge in [-0.1, -0.05) is 0 Å².